The molecule has 1 aromatic rings. The molecule has 2 rings (SSSR count). The van der Waals surface area contributed by atoms with Crippen molar-refractivity contribution < 1.29 is 14.4 Å². The van der Waals surface area contributed by atoms with Crippen molar-refractivity contribution in [1.29, 1.82) is 0 Å². The summed E-state index contributed by atoms with van der Waals surface area (Å²) in [5.41, 5.74) is 0.650. The van der Waals surface area contributed by atoms with Crippen molar-refractivity contribution in [3.8, 4) is 0 Å². The second-order valence-corrected chi connectivity index (χ2v) is 4.06. The first kappa shape index (κ1) is 11.1. The fourth-order valence-electron chi connectivity index (χ4n) is 1.80. The van der Waals surface area contributed by atoms with Gasteiger partial charge in [-0.1, -0.05) is 5.16 Å². The van der Waals surface area contributed by atoms with Crippen LogP contribution in [0.2, 0.25) is 0 Å². The van der Waals surface area contributed by atoms with Crippen LogP contribution in [0.25, 0.3) is 0 Å². The van der Waals surface area contributed by atoms with E-state index < -0.39 is 5.97 Å². The summed E-state index contributed by atoms with van der Waals surface area (Å²) in [6, 6.07) is 0. The van der Waals surface area contributed by atoms with Crippen LogP contribution in [0.4, 0.5) is 0 Å². The molecule has 16 heavy (non-hydrogen) atoms. The van der Waals surface area contributed by atoms with E-state index in [2.05, 4.69) is 22.0 Å². The Hall–Kier alpha value is -1.40. The van der Waals surface area contributed by atoms with Crippen molar-refractivity contribution in [2.24, 2.45) is 0 Å². The van der Waals surface area contributed by atoms with E-state index in [-0.39, 0.29) is 5.76 Å². The molecule has 2 heterocycles. The summed E-state index contributed by atoms with van der Waals surface area (Å²) in [7, 11) is 2.08. The van der Waals surface area contributed by atoms with Gasteiger partial charge in [0.15, 0.2) is 0 Å². The van der Waals surface area contributed by atoms with E-state index in [4.69, 9.17) is 9.63 Å². The third-order valence-electron chi connectivity index (χ3n) is 2.83. The first-order valence-electron chi connectivity index (χ1n) is 5.24. The first-order valence-corrected chi connectivity index (χ1v) is 5.24. The van der Waals surface area contributed by atoms with Gasteiger partial charge in [-0.15, -0.1) is 0 Å². The van der Waals surface area contributed by atoms with Crippen LogP contribution < -0.4 is 0 Å². The summed E-state index contributed by atoms with van der Waals surface area (Å²) in [4.78, 5) is 15.3. The lowest BCUT2D eigenvalue weighted by atomic mass is 10.2. The van der Waals surface area contributed by atoms with Crippen molar-refractivity contribution in [1.82, 2.24) is 15.0 Å². The number of likely N-dealkylation sites (N-methyl/N-ethyl adjacent to an activating group) is 1. The highest BCUT2D eigenvalue weighted by molar-refractivity contribution is 5.85. The fraction of sp³-hybridized carbons (Fsp3) is 0.600. The van der Waals surface area contributed by atoms with Gasteiger partial charge < -0.3 is 14.5 Å². The number of piperazine rings is 1. The summed E-state index contributed by atoms with van der Waals surface area (Å²) in [5, 5.41) is 12.4. The Labute approximate surface area is 93.4 Å². The summed E-state index contributed by atoms with van der Waals surface area (Å²) in [5.74, 6) is -1.10. The van der Waals surface area contributed by atoms with Crippen LogP contribution in [0.1, 0.15) is 16.1 Å². The highest BCUT2D eigenvalue weighted by atomic mass is 16.5. The van der Waals surface area contributed by atoms with Gasteiger partial charge in [0.2, 0.25) is 5.76 Å². The Kier molecular flexibility index (Phi) is 3.21. The van der Waals surface area contributed by atoms with Gasteiger partial charge in [0.05, 0.1) is 6.20 Å². The van der Waals surface area contributed by atoms with Crippen LogP contribution in [-0.2, 0) is 6.54 Å². The molecule has 88 valence electrons. The van der Waals surface area contributed by atoms with E-state index in [1.807, 2.05) is 0 Å². The number of rotatable bonds is 3. The van der Waals surface area contributed by atoms with E-state index in [1.165, 1.54) is 6.20 Å². The van der Waals surface area contributed by atoms with Crippen molar-refractivity contribution in [3.63, 3.8) is 0 Å². The predicted octanol–water partition coefficient (Wildman–Crippen LogP) is 0.120. The number of hydrogen-bond donors (Lipinski definition) is 1. The molecule has 6 heteroatoms. The summed E-state index contributed by atoms with van der Waals surface area (Å²) in [6.45, 7) is 4.50. The molecule has 6 nitrogen and oxygen atoms in total. The average molecular weight is 225 g/mol. The van der Waals surface area contributed by atoms with Crippen molar-refractivity contribution in [2.75, 3.05) is 33.2 Å². The van der Waals surface area contributed by atoms with Crippen molar-refractivity contribution in [2.45, 2.75) is 6.54 Å². The molecule has 0 radical (unpaired) electrons. The minimum Gasteiger partial charge on any atom is -0.475 e. The second kappa shape index (κ2) is 4.63. The lowest BCUT2D eigenvalue weighted by Gasteiger charge is -2.31. The molecule has 0 spiro atoms. The Morgan fingerprint density at radius 2 is 2.19 bits per heavy atom. The molecule has 1 aliphatic heterocycles. The maximum atomic E-state index is 10.8. The normalized spacial score (nSPS) is 18.8. The van der Waals surface area contributed by atoms with E-state index >= 15 is 0 Å². The molecule has 1 saturated heterocycles. The molecular formula is C10H15N3O3. The fourth-order valence-corrected chi connectivity index (χ4v) is 1.80. The zero-order valence-electron chi connectivity index (χ0n) is 9.22. The lowest BCUT2D eigenvalue weighted by Crippen LogP contribution is -2.43. The summed E-state index contributed by atoms with van der Waals surface area (Å²) in [6.07, 6.45) is 1.49. The Morgan fingerprint density at radius 3 is 2.81 bits per heavy atom. The predicted molar refractivity (Wildman–Crippen MR) is 56.2 cm³/mol. The standard InChI is InChI=1S/C10H15N3O3/c1-12-2-4-13(5-3-12)7-8-6-11-16-9(8)10(14)15/h6H,2-5,7H2,1H3,(H,14,15). The van der Waals surface area contributed by atoms with Crippen molar-refractivity contribution in [3.05, 3.63) is 17.5 Å². The van der Waals surface area contributed by atoms with Crippen LogP contribution in [-0.4, -0.2) is 59.3 Å². The molecule has 0 aromatic carbocycles. The van der Waals surface area contributed by atoms with Crippen LogP contribution in [0.5, 0.6) is 0 Å². The largest absolute Gasteiger partial charge is 0.475 e. The Morgan fingerprint density at radius 1 is 1.50 bits per heavy atom. The van der Waals surface area contributed by atoms with Gasteiger partial charge in [-0.25, -0.2) is 4.79 Å². The molecular weight excluding hydrogens is 210 g/mol. The molecule has 0 bridgehead atoms. The van der Waals surface area contributed by atoms with Crippen LogP contribution in [0.15, 0.2) is 10.7 Å². The molecule has 1 N–H and O–H groups in total. The number of aromatic carboxylic acids is 1. The zero-order valence-corrected chi connectivity index (χ0v) is 9.22. The third kappa shape index (κ3) is 2.40. The van der Waals surface area contributed by atoms with Gasteiger partial charge in [0, 0.05) is 38.3 Å². The van der Waals surface area contributed by atoms with Gasteiger partial charge in [0.25, 0.3) is 0 Å². The number of hydrogen-bond acceptors (Lipinski definition) is 5. The topological polar surface area (TPSA) is 69.8 Å². The van der Waals surface area contributed by atoms with Gasteiger partial charge in [0.1, 0.15) is 0 Å². The molecule has 1 aromatic heterocycles. The van der Waals surface area contributed by atoms with E-state index in [0.717, 1.165) is 26.2 Å². The van der Waals surface area contributed by atoms with Gasteiger partial charge in [-0.3, -0.25) is 4.90 Å². The number of carboxylic acid groups (broad SMARTS) is 1. The Bertz CT molecular complexity index is 369. The monoisotopic (exact) mass is 225 g/mol. The van der Waals surface area contributed by atoms with Crippen molar-refractivity contribution >= 4 is 5.97 Å². The van der Waals surface area contributed by atoms with Gasteiger partial charge in [-0.2, -0.15) is 0 Å². The highest BCUT2D eigenvalue weighted by Gasteiger charge is 2.20. The second-order valence-electron chi connectivity index (χ2n) is 4.06. The maximum Gasteiger partial charge on any atom is 0.375 e. The zero-order chi connectivity index (χ0) is 11.5. The molecule has 0 amide bonds. The van der Waals surface area contributed by atoms with Crippen LogP contribution >= 0.6 is 0 Å². The van der Waals surface area contributed by atoms with E-state index in [9.17, 15) is 4.79 Å². The SMILES string of the molecule is CN1CCN(Cc2cnoc2C(=O)O)CC1. The summed E-state index contributed by atoms with van der Waals surface area (Å²) < 4.78 is 4.70. The average Bonchev–Trinajstić information content (AvgIpc) is 2.69. The van der Waals surface area contributed by atoms with E-state index in [1.54, 1.807) is 0 Å². The summed E-state index contributed by atoms with van der Waals surface area (Å²) >= 11 is 0. The van der Waals surface area contributed by atoms with Crippen LogP contribution in [0.3, 0.4) is 0 Å². The minimum atomic E-state index is -1.05. The Balaban J connectivity index is 1.98. The molecule has 0 saturated carbocycles. The number of aromatic nitrogens is 1. The highest BCUT2D eigenvalue weighted by Crippen LogP contribution is 2.12. The van der Waals surface area contributed by atoms with E-state index in [0.29, 0.717) is 12.1 Å². The number of nitrogens with zero attached hydrogens (tertiary/aromatic N) is 3. The quantitative estimate of drug-likeness (QED) is 0.788. The smallest absolute Gasteiger partial charge is 0.375 e. The molecule has 0 unspecified atom stereocenters. The lowest BCUT2D eigenvalue weighted by molar-refractivity contribution is 0.0647. The first-order chi connectivity index (χ1) is 7.66. The number of carboxylic acids is 1. The molecule has 1 aliphatic rings. The third-order valence-corrected chi connectivity index (χ3v) is 2.83. The number of carbonyl (C=O) groups is 1. The maximum absolute atomic E-state index is 10.8. The molecule has 0 aliphatic carbocycles. The van der Waals surface area contributed by atoms with Gasteiger partial charge >= 0.3 is 5.97 Å². The molecule has 1 fully saturated rings. The van der Waals surface area contributed by atoms with Gasteiger partial charge in [-0.05, 0) is 7.05 Å². The minimum absolute atomic E-state index is 0.0427. The van der Waals surface area contributed by atoms with Crippen LogP contribution in [0, 0.1) is 0 Å². The molecule has 0 atom stereocenters.